The number of hydrogen-bond acceptors (Lipinski definition) is 3. The molecule has 1 aliphatic rings. The third-order valence-corrected chi connectivity index (χ3v) is 5.62. The third-order valence-electron chi connectivity index (χ3n) is 5.62. The van der Waals surface area contributed by atoms with Crippen LogP contribution in [0.5, 0.6) is 11.5 Å². The van der Waals surface area contributed by atoms with E-state index in [2.05, 4.69) is 19.2 Å². The molecule has 0 radical (unpaired) electrons. The molecule has 1 amide bonds. The predicted molar refractivity (Wildman–Crippen MR) is 122 cm³/mol. The van der Waals surface area contributed by atoms with Crippen LogP contribution >= 0.6 is 0 Å². The van der Waals surface area contributed by atoms with E-state index in [0.29, 0.717) is 13.2 Å². The van der Waals surface area contributed by atoms with Crippen molar-refractivity contribution < 1.29 is 14.3 Å². The first-order chi connectivity index (χ1) is 15.1. The van der Waals surface area contributed by atoms with Crippen LogP contribution in [0.1, 0.15) is 48.9 Å². The van der Waals surface area contributed by atoms with Gasteiger partial charge in [-0.1, -0.05) is 80.6 Å². The SMILES string of the molecule is CC(C)[C@H](NC(=O)C(c1ccccc1)c1ccccc1)c1ccc2c(c1)OCCCO2. The Morgan fingerprint density at radius 2 is 1.35 bits per heavy atom. The molecule has 0 unspecified atom stereocenters. The highest BCUT2D eigenvalue weighted by Crippen LogP contribution is 2.35. The molecule has 0 saturated carbocycles. The summed E-state index contributed by atoms with van der Waals surface area (Å²) in [5.41, 5.74) is 2.98. The number of carbonyl (C=O) groups excluding carboxylic acids is 1. The summed E-state index contributed by atoms with van der Waals surface area (Å²) in [4.78, 5) is 13.6. The van der Waals surface area contributed by atoms with Crippen LogP contribution < -0.4 is 14.8 Å². The van der Waals surface area contributed by atoms with Crippen LogP contribution in [0.4, 0.5) is 0 Å². The Balaban J connectivity index is 1.64. The van der Waals surface area contributed by atoms with Gasteiger partial charge >= 0.3 is 0 Å². The summed E-state index contributed by atoms with van der Waals surface area (Å²) in [5.74, 6) is 1.34. The lowest BCUT2D eigenvalue weighted by Gasteiger charge is -2.27. The van der Waals surface area contributed by atoms with Crippen LogP contribution in [0.2, 0.25) is 0 Å². The number of amides is 1. The second kappa shape index (κ2) is 9.69. The summed E-state index contributed by atoms with van der Waals surface area (Å²) in [5, 5.41) is 3.32. The summed E-state index contributed by atoms with van der Waals surface area (Å²) in [7, 11) is 0. The lowest BCUT2D eigenvalue weighted by Crippen LogP contribution is -2.35. The van der Waals surface area contributed by atoms with Gasteiger partial charge in [0.15, 0.2) is 11.5 Å². The van der Waals surface area contributed by atoms with E-state index >= 15 is 0 Å². The molecule has 4 heteroatoms. The summed E-state index contributed by atoms with van der Waals surface area (Å²) in [6.07, 6.45) is 0.865. The molecule has 0 aliphatic carbocycles. The average Bonchev–Trinajstić information content (AvgIpc) is 3.04. The van der Waals surface area contributed by atoms with E-state index in [-0.39, 0.29) is 23.8 Å². The Kier molecular flexibility index (Phi) is 6.56. The van der Waals surface area contributed by atoms with Crippen molar-refractivity contribution in [2.75, 3.05) is 13.2 Å². The molecule has 1 aliphatic heterocycles. The Morgan fingerprint density at radius 3 is 1.94 bits per heavy atom. The van der Waals surface area contributed by atoms with Gasteiger partial charge in [0, 0.05) is 6.42 Å². The first kappa shape index (κ1) is 21.0. The molecule has 0 bridgehead atoms. The highest BCUT2D eigenvalue weighted by atomic mass is 16.5. The highest BCUT2D eigenvalue weighted by molar-refractivity contribution is 5.87. The molecule has 31 heavy (non-hydrogen) atoms. The predicted octanol–water partition coefficient (Wildman–Crippen LogP) is 5.49. The van der Waals surface area contributed by atoms with Gasteiger partial charge < -0.3 is 14.8 Å². The van der Waals surface area contributed by atoms with E-state index in [1.165, 1.54) is 0 Å². The van der Waals surface area contributed by atoms with Crippen molar-refractivity contribution in [2.24, 2.45) is 5.92 Å². The second-order valence-electron chi connectivity index (χ2n) is 8.24. The van der Waals surface area contributed by atoms with Crippen molar-refractivity contribution >= 4 is 5.91 Å². The minimum atomic E-state index is -0.371. The third kappa shape index (κ3) is 4.91. The van der Waals surface area contributed by atoms with Crippen LogP contribution in [0, 0.1) is 5.92 Å². The maximum absolute atomic E-state index is 13.6. The van der Waals surface area contributed by atoms with Gasteiger partial charge in [0.05, 0.1) is 25.2 Å². The molecule has 1 heterocycles. The van der Waals surface area contributed by atoms with E-state index in [1.807, 2.05) is 78.9 Å². The number of fused-ring (bicyclic) bond motifs is 1. The van der Waals surface area contributed by atoms with Crippen LogP contribution in [0.25, 0.3) is 0 Å². The van der Waals surface area contributed by atoms with Crippen molar-refractivity contribution in [3.63, 3.8) is 0 Å². The maximum atomic E-state index is 13.6. The van der Waals surface area contributed by atoms with E-state index in [0.717, 1.165) is 34.6 Å². The fraction of sp³-hybridized carbons (Fsp3) is 0.296. The monoisotopic (exact) mass is 415 g/mol. The van der Waals surface area contributed by atoms with Gasteiger partial charge in [-0.05, 0) is 34.7 Å². The molecular formula is C27H29NO3. The van der Waals surface area contributed by atoms with Gasteiger partial charge in [-0.2, -0.15) is 0 Å². The van der Waals surface area contributed by atoms with Gasteiger partial charge in [0.2, 0.25) is 5.91 Å². The molecule has 0 saturated heterocycles. The summed E-state index contributed by atoms with van der Waals surface area (Å²) in [6, 6.07) is 25.7. The Hall–Kier alpha value is -3.27. The molecule has 0 fully saturated rings. The van der Waals surface area contributed by atoms with Crippen molar-refractivity contribution in [1.82, 2.24) is 5.32 Å². The van der Waals surface area contributed by atoms with Crippen molar-refractivity contribution in [3.8, 4) is 11.5 Å². The average molecular weight is 416 g/mol. The van der Waals surface area contributed by atoms with Crippen LogP contribution in [-0.4, -0.2) is 19.1 Å². The van der Waals surface area contributed by atoms with Gasteiger partial charge in [-0.25, -0.2) is 0 Å². The van der Waals surface area contributed by atoms with Crippen LogP contribution in [0.3, 0.4) is 0 Å². The van der Waals surface area contributed by atoms with Crippen LogP contribution in [0.15, 0.2) is 78.9 Å². The topological polar surface area (TPSA) is 47.6 Å². The molecular weight excluding hydrogens is 386 g/mol. The number of rotatable bonds is 6. The molecule has 1 N–H and O–H groups in total. The van der Waals surface area contributed by atoms with E-state index in [1.54, 1.807) is 0 Å². The zero-order valence-corrected chi connectivity index (χ0v) is 18.1. The Labute approximate surface area is 184 Å². The fourth-order valence-electron chi connectivity index (χ4n) is 4.03. The van der Waals surface area contributed by atoms with Gasteiger partial charge in [-0.3, -0.25) is 4.79 Å². The lowest BCUT2D eigenvalue weighted by molar-refractivity contribution is -0.122. The molecule has 0 aromatic heterocycles. The smallest absolute Gasteiger partial charge is 0.232 e. The van der Waals surface area contributed by atoms with Crippen LogP contribution in [-0.2, 0) is 4.79 Å². The molecule has 4 nitrogen and oxygen atoms in total. The van der Waals surface area contributed by atoms with Crippen molar-refractivity contribution in [3.05, 3.63) is 95.6 Å². The summed E-state index contributed by atoms with van der Waals surface area (Å²) >= 11 is 0. The van der Waals surface area contributed by atoms with Crippen molar-refractivity contribution in [1.29, 1.82) is 0 Å². The molecule has 4 rings (SSSR count). The minimum Gasteiger partial charge on any atom is -0.490 e. The molecule has 0 spiro atoms. The van der Waals surface area contributed by atoms with Gasteiger partial charge in [0.1, 0.15) is 0 Å². The number of nitrogens with one attached hydrogen (secondary N) is 1. The number of carbonyl (C=O) groups is 1. The molecule has 3 aromatic carbocycles. The van der Waals surface area contributed by atoms with E-state index in [4.69, 9.17) is 9.47 Å². The molecule has 3 aromatic rings. The Morgan fingerprint density at radius 1 is 0.774 bits per heavy atom. The van der Waals surface area contributed by atoms with E-state index < -0.39 is 0 Å². The maximum Gasteiger partial charge on any atom is 0.232 e. The zero-order valence-electron chi connectivity index (χ0n) is 18.1. The second-order valence-corrected chi connectivity index (χ2v) is 8.24. The number of hydrogen-bond donors (Lipinski definition) is 1. The van der Waals surface area contributed by atoms with Gasteiger partial charge in [-0.15, -0.1) is 0 Å². The highest BCUT2D eigenvalue weighted by Gasteiger charge is 2.27. The first-order valence-corrected chi connectivity index (χ1v) is 10.9. The largest absolute Gasteiger partial charge is 0.490 e. The minimum absolute atomic E-state index is 0.0109. The Bertz CT molecular complexity index is 962. The molecule has 160 valence electrons. The number of ether oxygens (including phenoxy) is 2. The standard InChI is InChI=1S/C27H29NO3/c1-19(2)26(22-14-15-23-24(18-22)31-17-9-16-30-23)28-27(29)25(20-10-5-3-6-11-20)21-12-7-4-8-13-21/h3-8,10-15,18-19,25-26H,9,16-17H2,1-2H3,(H,28,29)/t26-/m0/s1. The normalized spacial score (nSPS) is 14.2. The van der Waals surface area contributed by atoms with E-state index in [9.17, 15) is 4.79 Å². The quantitative estimate of drug-likeness (QED) is 0.579. The fourth-order valence-corrected chi connectivity index (χ4v) is 4.03. The zero-order chi connectivity index (χ0) is 21.6. The van der Waals surface area contributed by atoms with Gasteiger partial charge in [0.25, 0.3) is 0 Å². The summed E-state index contributed by atoms with van der Waals surface area (Å²) in [6.45, 7) is 5.54. The molecule has 1 atom stereocenters. The van der Waals surface area contributed by atoms with Crippen molar-refractivity contribution in [2.45, 2.75) is 32.2 Å². The summed E-state index contributed by atoms with van der Waals surface area (Å²) < 4.78 is 11.6. The lowest BCUT2D eigenvalue weighted by atomic mass is 9.89. The first-order valence-electron chi connectivity index (χ1n) is 10.9. The number of benzene rings is 3.